The van der Waals surface area contributed by atoms with Crippen molar-refractivity contribution in [1.82, 2.24) is 0 Å². The SMILES string of the molecule is C=CCC(Cl)CCCCCl. The second kappa shape index (κ2) is 7.43. The lowest BCUT2D eigenvalue weighted by Gasteiger charge is -2.03. The van der Waals surface area contributed by atoms with Crippen LogP contribution in [-0.2, 0) is 0 Å². The maximum atomic E-state index is 5.90. The number of allylic oxidation sites excluding steroid dienone is 1. The molecule has 0 aliphatic heterocycles. The van der Waals surface area contributed by atoms with Crippen LogP contribution in [0.1, 0.15) is 25.7 Å². The van der Waals surface area contributed by atoms with Gasteiger partial charge in [0.15, 0.2) is 0 Å². The molecule has 0 amide bonds. The first-order chi connectivity index (χ1) is 4.81. The molecular formula is C8H14Cl2. The lowest BCUT2D eigenvalue weighted by Crippen LogP contribution is -1.95. The van der Waals surface area contributed by atoms with Gasteiger partial charge in [-0.3, -0.25) is 0 Å². The summed E-state index contributed by atoms with van der Waals surface area (Å²) in [4.78, 5) is 0. The molecule has 0 heterocycles. The lowest BCUT2D eigenvalue weighted by molar-refractivity contribution is 0.684. The van der Waals surface area contributed by atoms with Gasteiger partial charge in [-0.05, 0) is 19.3 Å². The van der Waals surface area contributed by atoms with E-state index in [0.717, 1.165) is 31.6 Å². The summed E-state index contributed by atoms with van der Waals surface area (Å²) in [5.74, 6) is 0.748. The molecule has 0 saturated heterocycles. The van der Waals surface area contributed by atoms with Crippen LogP contribution < -0.4 is 0 Å². The van der Waals surface area contributed by atoms with Crippen LogP contribution in [0.25, 0.3) is 0 Å². The highest BCUT2D eigenvalue weighted by Gasteiger charge is 1.99. The maximum absolute atomic E-state index is 5.90. The molecule has 0 aromatic carbocycles. The van der Waals surface area contributed by atoms with Crippen molar-refractivity contribution in [3.63, 3.8) is 0 Å². The summed E-state index contributed by atoms with van der Waals surface area (Å²) in [7, 11) is 0. The summed E-state index contributed by atoms with van der Waals surface area (Å²) in [5, 5.41) is 0.265. The fourth-order valence-electron chi connectivity index (χ4n) is 0.759. The topological polar surface area (TPSA) is 0 Å². The Kier molecular flexibility index (Phi) is 7.66. The van der Waals surface area contributed by atoms with E-state index in [1.165, 1.54) is 0 Å². The van der Waals surface area contributed by atoms with Crippen molar-refractivity contribution in [2.45, 2.75) is 31.1 Å². The predicted octanol–water partition coefficient (Wildman–Crippen LogP) is 3.58. The van der Waals surface area contributed by atoms with Crippen LogP contribution in [0, 0.1) is 0 Å². The summed E-state index contributed by atoms with van der Waals surface area (Å²) >= 11 is 11.4. The minimum Gasteiger partial charge on any atom is -0.127 e. The molecule has 0 aromatic heterocycles. The number of unbranched alkanes of at least 4 members (excludes halogenated alkanes) is 1. The Morgan fingerprint density at radius 1 is 1.40 bits per heavy atom. The highest BCUT2D eigenvalue weighted by molar-refractivity contribution is 6.20. The molecule has 0 aliphatic rings. The molecule has 0 spiro atoms. The predicted molar refractivity (Wildman–Crippen MR) is 49.0 cm³/mol. The molecule has 1 unspecified atom stereocenters. The minimum absolute atomic E-state index is 0.265. The molecular weight excluding hydrogens is 167 g/mol. The van der Waals surface area contributed by atoms with Gasteiger partial charge in [-0.25, -0.2) is 0 Å². The number of hydrogen-bond donors (Lipinski definition) is 0. The molecule has 0 saturated carbocycles. The van der Waals surface area contributed by atoms with E-state index >= 15 is 0 Å². The first kappa shape index (κ1) is 10.3. The fraction of sp³-hybridized carbons (Fsp3) is 0.750. The Bertz CT molecular complexity index is 81.3. The number of halogens is 2. The van der Waals surface area contributed by atoms with E-state index in [4.69, 9.17) is 23.2 Å². The van der Waals surface area contributed by atoms with E-state index in [-0.39, 0.29) is 5.38 Å². The summed E-state index contributed by atoms with van der Waals surface area (Å²) < 4.78 is 0. The molecule has 0 N–H and O–H groups in total. The third-order valence-electron chi connectivity index (χ3n) is 1.32. The third kappa shape index (κ3) is 6.44. The van der Waals surface area contributed by atoms with Crippen LogP contribution in [0.5, 0.6) is 0 Å². The van der Waals surface area contributed by atoms with Gasteiger partial charge in [0.05, 0.1) is 0 Å². The standard InChI is InChI=1S/C8H14Cl2/c1-2-5-8(10)6-3-4-7-9/h2,8H,1,3-7H2. The van der Waals surface area contributed by atoms with Crippen molar-refractivity contribution in [2.75, 3.05) is 5.88 Å². The number of alkyl halides is 2. The molecule has 0 bridgehead atoms. The molecule has 0 fully saturated rings. The average molecular weight is 181 g/mol. The first-order valence-corrected chi connectivity index (χ1v) is 4.59. The summed E-state index contributed by atoms with van der Waals surface area (Å²) in [6.07, 6.45) is 6.02. The highest BCUT2D eigenvalue weighted by Crippen LogP contribution is 2.11. The summed E-state index contributed by atoms with van der Waals surface area (Å²) in [5.41, 5.74) is 0. The Labute approximate surface area is 73.2 Å². The van der Waals surface area contributed by atoms with E-state index in [9.17, 15) is 0 Å². The van der Waals surface area contributed by atoms with Gasteiger partial charge in [-0.1, -0.05) is 12.5 Å². The molecule has 2 heteroatoms. The quantitative estimate of drug-likeness (QED) is 0.333. The second-order valence-corrected chi connectivity index (χ2v) is 3.30. The zero-order valence-electron chi connectivity index (χ0n) is 6.15. The van der Waals surface area contributed by atoms with Crippen LogP contribution in [0.15, 0.2) is 12.7 Å². The molecule has 0 aromatic rings. The summed E-state index contributed by atoms with van der Waals surface area (Å²) in [6.45, 7) is 3.62. The molecule has 0 rings (SSSR count). The molecule has 10 heavy (non-hydrogen) atoms. The summed E-state index contributed by atoms with van der Waals surface area (Å²) in [6, 6.07) is 0. The zero-order valence-corrected chi connectivity index (χ0v) is 7.67. The fourth-order valence-corrected chi connectivity index (χ4v) is 1.23. The lowest BCUT2D eigenvalue weighted by atomic mass is 10.1. The molecule has 0 aliphatic carbocycles. The monoisotopic (exact) mass is 180 g/mol. The van der Waals surface area contributed by atoms with Crippen LogP contribution in [0.4, 0.5) is 0 Å². The van der Waals surface area contributed by atoms with Gasteiger partial charge in [0.2, 0.25) is 0 Å². The van der Waals surface area contributed by atoms with Gasteiger partial charge >= 0.3 is 0 Å². The van der Waals surface area contributed by atoms with Crippen LogP contribution in [-0.4, -0.2) is 11.3 Å². The van der Waals surface area contributed by atoms with Gasteiger partial charge in [-0.2, -0.15) is 0 Å². The van der Waals surface area contributed by atoms with Crippen molar-refractivity contribution in [3.8, 4) is 0 Å². The largest absolute Gasteiger partial charge is 0.127 e. The Morgan fingerprint density at radius 2 is 2.10 bits per heavy atom. The molecule has 1 atom stereocenters. The van der Waals surface area contributed by atoms with Gasteiger partial charge in [0.1, 0.15) is 0 Å². The molecule has 60 valence electrons. The van der Waals surface area contributed by atoms with Crippen molar-refractivity contribution in [3.05, 3.63) is 12.7 Å². The zero-order chi connectivity index (χ0) is 7.82. The van der Waals surface area contributed by atoms with E-state index in [2.05, 4.69) is 6.58 Å². The molecule has 0 nitrogen and oxygen atoms in total. The highest BCUT2D eigenvalue weighted by atomic mass is 35.5. The van der Waals surface area contributed by atoms with Gasteiger partial charge < -0.3 is 0 Å². The normalized spacial score (nSPS) is 13.0. The number of hydrogen-bond acceptors (Lipinski definition) is 0. The van der Waals surface area contributed by atoms with E-state index in [1.807, 2.05) is 6.08 Å². The maximum Gasteiger partial charge on any atom is 0.0370 e. The van der Waals surface area contributed by atoms with E-state index in [1.54, 1.807) is 0 Å². The third-order valence-corrected chi connectivity index (χ3v) is 1.99. The average Bonchev–Trinajstić information content (AvgIpc) is 1.89. The Hall–Kier alpha value is 0.320. The van der Waals surface area contributed by atoms with Crippen molar-refractivity contribution < 1.29 is 0 Å². The molecule has 0 radical (unpaired) electrons. The Morgan fingerprint density at radius 3 is 2.60 bits per heavy atom. The van der Waals surface area contributed by atoms with Gasteiger partial charge in [-0.15, -0.1) is 29.8 Å². The van der Waals surface area contributed by atoms with Crippen molar-refractivity contribution in [1.29, 1.82) is 0 Å². The van der Waals surface area contributed by atoms with E-state index in [0.29, 0.717) is 0 Å². The van der Waals surface area contributed by atoms with Crippen LogP contribution in [0.2, 0.25) is 0 Å². The minimum atomic E-state index is 0.265. The van der Waals surface area contributed by atoms with Gasteiger partial charge in [0, 0.05) is 11.3 Å². The van der Waals surface area contributed by atoms with Crippen molar-refractivity contribution >= 4 is 23.2 Å². The van der Waals surface area contributed by atoms with Crippen LogP contribution in [0.3, 0.4) is 0 Å². The second-order valence-electron chi connectivity index (χ2n) is 2.31. The van der Waals surface area contributed by atoms with Crippen molar-refractivity contribution in [2.24, 2.45) is 0 Å². The van der Waals surface area contributed by atoms with Crippen LogP contribution >= 0.6 is 23.2 Å². The smallest absolute Gasteiger partial charge is 0.0370 e. The van der Waals surface area contributed by atoms with E-state index < -0.39 is 0 Å². The Balaban J connectivity index is 3.04. The number of rotatable bonds is 6. The first-order valence-electron chi connectivity index (χ1n) is 3.62. The van der Waals surface area contributed by atoms with Gasteiger partial charge in [0.25, 0.3) is 0 Å².